The average Bonchev–Trinajstić information content (AvgIpc) is 2.88. The lowest BCUT2D eigenvalue weighted by atomic mass is 10.2. The smallest absolute Gasteiger partial charge is 0.265 e. The summed E-state index contributed by atoms with van der Waals surface area (Å²) >= 11 is 0. The molecule has 0 radical (unpaired) electrons. The maximum atomic E-state index is 14.1. The van der Waals surface area contributed by atoms with Crippen LogP contribution in [0.4, 0.5) is 15.8 Å². The zero-order valence-corrected chi connectivity index (χ0v) is 13.8. The van der Waals surface area contributed by atoms with Gasteiger partial charge in [-0.1, -0.05) is 18.2 Å². The van der Waals surface area contributed by atoms with E-state index in [1.165, 1.54) is 22.5 Å². The first-order chi connectivity index (χ1) is 11.6. The van der Waals surface area contributed by atoms with E-state index in [0.717, 1.165) is 5.69 Å². The normalized spacial score (nSPS) is 19.4. The zero-order chi connectivity index (χ0) is 16.7. The molecule has 4 rings (SSSR count). The van der Waals surface area contributed by atoms with Crippen LogP contribution in [-0.2, 0) is 21.3 Å². The van der Waals surface area contributed by atoms with E-state index in [9.17, 15) is 12.8 Å². The molecule has 0 N–H and O–H groups in total. The highest BCUT2D eigenvalue weighted by Crippen LogP contribution is 2.40. The van der Waals surface area contributed by atoms with E-state index in [1.54, 1.807) is 12.1 Å². The highest BCUT2D eigenvalue weighted by Gasteiger charge is 2.38. The standard InChI is InChI=1S/C17H17FN2O3S/c18-14-4-3-7-17-13(14)12-20(24(17,21)22)16-6-2-1-5-15(16)19-8-10-23-11-9-19/h1-7H,8-12H2. The number of hydrogen-bond acceptors (Lipinski definition) is 4. The molecule has 0 atom stereocenters. The molecular formula is C17H17FN2O3S. The maximum absolute atomic E-state index is 14.1. The number of anilines is 2. The third-order valence-corrected chi connectivity index (χ3v) is 6.29. The Morgan fingerprint density at radius 2 is 1.67 bits per heavy atom. The third kappa shape index (κ3) is 2.35. The molecule has 2 heterocycles. The molecule has 0 saturated carbocycles. The van der Waals surface area contributed by atoms with Gasteiger partial charge in [0.2, 0.25) is 0 Å². The third-order valence-electron chi connectivity index (χ3n) is 4.45. The maximum Gasteiger partial charge on any atom is 0.265 e. The number of ether oxygens (including phenoxy) is 1. The number of morpholine rings is 1. The van der Waals surface area contributed by atoms with E-state index in [-0.39, 0.29) is 17.0 Å². The number of hydrogen-bond donors (Lipinski definition) is 0. The summed E-state index contributed by atoms with van der Waals surface area (Å²) in [6.07, 6.45) is 0. The van der Waals surface area contributed by atoms with Crippen LogP contribution in [0.2, 0.25) is 0 Å². The summed E-state index contributed by atoms with van der Waals surface area (Å²) in [7, 11) is -3.75. The van der Waals surface area contributed by atoms with Crippen molar-refractivity contribution in [1.29, 1.82) is 0 Å². The fourth-order valence-electron chi connectivity index (χ4n) is 3.24. The molecular weight excluding hydrogens is 331 g/mol. The summed E-state index contributed by atoms with van der Waals surface area (Å²) in [5, 5.41) is 0. The molecule has 1 fully saturated rings. The Balaban J connectivity index is 1.80. The van der Waals surface area contributed by atoms with Gasteiger partial charge in [-0.05, 0) is 24.3 Å². The fourth-order valence-corrected chi connectivity index (χ4v) is 4.92. The Bertz CT molecular complexity index is 879. The number of benzene rings is 2. The van der Waals surface area contributed by atoms with Crippen LogP contribution in [0.15, 0.2) is 47.4 Å². The van der Waals surface area contributed by atoms with Crippen LogP contribution in [0.5, 0.6) is 0 Å². The molecule has 0 unspecified atom stereocenters. The van der Waals surface area contributed by atoms with E-state index in [4.69, 9.17) is 4.74 Å². The molecule has 2 aromatic rings. The van der Waals surface area contributed by atoms with E-state index in [1.807, 2.05) is 12.1 Å². The number of rotatable bonds is 2. The average molecular weight is 348 g/mol. The first kappa shape index (κ1) is 15.4. The second-order valence-electron chi connectivity index (χ2n) is 5.82. The Morgan fingerprint density at radius 3 is 2.38 bits per heavy atom. The fraction of sp³-hybridized carbons (Fsp3) is 0.294. The molecule has 24 heavy (non-hydrogen) atoms. The topological polar surface area (TPSA) is 49.9 Å². The van der Waals surface area contributed by atoms with Gasteiger partial charge in [0, 0.05) is 18.7 Å². The Morgan fingerprint density at radius 1 is 0.958 bits per heavy atom. The van der Waals surface area contributed by atoms with E-state index in [2.05, 4.69) is 4.90 Å². The minimum atomic E-state index is -3.75. The molecule has 2 aliphatic rings. The lowest BCUT2D eigenvalue weighted by Gasteiger charge is -2.32. The highest BCUT2D eigenvalue weighted by molar-refractivity contribution is 7.93. The zero-order valence-electron chi connectivity index (χ0n) is 13.0. The Kier molecular flexibility index (Phi) is 3.69. The highest BCUT2D eigenvalue weighted by atomic mass is 32.2. The van der Waals surface area contributed by atoms with Crippen molar-refractivity contribution in [2.45, 2.75) is 11.4 Å². The molecule has 5 nitrogen and oxygen atoms in total. The van der Waals surface area contributed by atoms with Crippen LogP contribution >= 0.6 is 0 Å². The van der Waals surface area contributed by atoms with E-state index >= 15 is 0 Å². The predicted octanol–water partition coefficient (Wildman–Crippen LogP) is 2.37. The van der Waals surface area contributed by atoms with Gasteiger partial charge in [0.1, 0.15) is 5.82 Å². The van der Waals surface area contributed by atoms with Crippen LogP contribution in [-0.4, -0.2) is 34.7 Å². The van der Waals surface area contributed by atoms with Gasteiger partial charge in [-0.3, -0.25) is 4.31 Å². The van der Waals surface area contributed by atoms with Crippen molar-refractivity contribution in [2.24, 2.45) is 0 Å². The van der Waals surface area contributed by atoms with Crippen molar-refractivity contribution in [2.75, 3.05) is 35.5 Å². The van der Waals surface area contributed by atoms with Gasteiger partial charge in [0.25, 0.3) is 10.0 Å². The van der Waals surface area contributed by atoms with Gasteiger partial charge in [0.05, 0.1) is 36.0 Å². The van der Waals surface area contributed by atoms with Gasteiger partial charge in [0.15, 0.2) is 0 Å². The summed E-state index contributed by atoms with van der Waals surface area (Å²) in [5.41, 5.74) is 1.64. The summed E-state index contributed by atoms with van der Waals surface area (Å²) in [5.74, 6) is -0.484. The monoisotopic (exact) mass is 348 g/mol. The van der Waals surface area contributed by atoms with Crippen molar-refractivity contribution in [3.8, 4) is 0 Å². The number of nitrogens with zero attached hydrogens (tertiary/aromatic N) is 2. The number of halogens is 1. The van der Waals surface area contributed by atoms with Crippen LogP contribution in [0.3, 0.4) is 0 Å². The van der Waals surface area contributed by atoms with Crippen molar-refractivity contribution in [3.63, 3.8) is 0 Å². The summed E-state index contributed by atoms with van der Waals surface area (Å²) in [6.45, 7) is 2.63. The molecule has 0 aliphatic carbocycles. The quantitative estimate of drug-likeness (QED) is 0.836. The Labute approximate surface area is 140 Å². The summed E-state index contributed by atoms with van der Waals surface area (Å²) in [4.78, 5) is 2.16. The van der Waals surface area contributed by atoms with Gasteiger partial charge in [-0.2, -0.15) is 0 Å². The van der Waals surface area contributed by atoms with E-state index in [0.29, 0.717) is 32.0 Å². The van der Waals surface area contributed by atoms with Crippen molar-refractivity contribution >= 4 is 21.4 Å². The first-order valence-electron chi connectivity index (χ1n) is 7.81. The van der Waals surface area contributed by atoms with E-state index < -0.39 is 15.8 Å². The minimum absolute atomic E-state index is 0.0195. The first-order valence-corrected chi connectivity index (χ1v) is 9.25. The molecule has 2 aromatic carbocycles. The van der Waals surface area contributed by atoms with Crippen LogP contribution < -0.4 is 9.21 Å². The number of sulfonamides is 1. The van der Waals surface area contributed by atoms with Crippen molar-refractivity contribution in [1.82, 2.24) is 0 Å². The molecule has 0 aromatic heterocycles. The largest absolute Gasteiger partial charge is 0.378 e. The second kappa shape index (κ2) is 5.75. The van der Waals surface area contributed by atoms with Crippen molar-refractivity contribution in [3.05, 3.63) is 53.8 Å². The molecule has 0 amide bonds. The molecule has 2 aliphatic heterocycles. The molecule has 0 spiro atoms. The van der Waals surface area contributed by atoms with Gasteiger partial charge < -0.3 is 9.64 Å². The van der Waals surface area contributed by atoms with Crippen LogP contribution in [0, 0.1) is 5.82 Å². The van der Waals surface area contributed by atoms with Gasteiger partial charge in [-0.15, -0.1) is 0 Å². The molecule has 1 saturated heterocycles. The van der Waals surface area contributed by atoms with Crippen LogP contribution in [0.1, 0.15) is 5.56 Å². The molecule has 126 valence electrons. The summed E-state index contributed by atoms with van der Waals surface area (Å²) in [6, 6.07) is 11.5. The van der Waals surface area contributed by atoms with Crippen LogP contribution in [0.25, 0.3) is 0 Å². The molecule has 0 bridgehead atoms. The molecule has 7 heteroatoms. The lowest BCUT2D eigenvalue weighted by Crippen LogP contribution is -2.37. The predicted molar refractivity (Wildman–Crippen MR) is 89.2 cm³/mol. The number of para-hydroxylation sites is 2. The Hall–Kier alpha value is -2.12. The lowest BCUT2D eigenvalue weighted by molar-refractivity contribution is 0.123. The SMILES string of the molecule is O=S1(=O)c2cccc(F)c2CN1c1ccccc1N1CCOCC1. The second-order valence-corrected chi connectivity index (χ2v) is 7.65. The van der Waals surface area contributed by atoms with Gasteiger partial charge >= 0.3 is 0 Å². The van der Waals surface area contributed by atoms with Gasteiger partial charge in [-0.25, -0.2) is 12.8 Å². The minimum Gasteiger partial charge on any atom is -0.378 e. The number of fused-ring (bicyclic) bond motifs is 1. The summed E-state index contributed by atoms with van der Waals surface area (Å²) < 4.78 is 46.5. The van der Waals surface area contributed by atoms with Crippen molar-refractivity contribution < 1.29 is 17.5 Å².